The van der Waals surface area contributed by atoms with Crippen LogP contribution in [0, 0.1) is 0 Å². The number of benzene rings is 2. The predicted molar refractivity (Wildman–Crippen MR) is 89.6 cm³/mol. The molecule has 0 atom stereocenters. The topological polar surface area (TPSA) is 12.9 Å². The van der Waals surface area contributed by atoms with Crippen molar-refractivity contribution < 1.29 is 0 Å². The molecule has 20 heavy (non-hydrogen) atoms. The van der Waals surface area contributed by atoms with E-state index in [1.54, 1.807) is 0 Å². The lowest BCUT2D eigenvalue weighted by Gasteiger charge is -2.05. The number of hydrogen-bond acceptors (Lipinski definition) is 3. The van der Waals surface area contributed by atoms with Gasteiger partial charge in [-0.25, -0.2) is 0 Å². The minimum Gasteiger partial charge on any atom is -0.255 e. The molecule has 100 valence electrons. The molecule has 1 nitrogen and oxygen atoms in total. The van der Waals surface area contributed by atoms with Crippen molar-refractivity contribution in [3.8, 4) is 0 Å². The van der Waals surface area contributed by atoms with Crippen LogP contribution in [0.15, 0.2) is 76.7 Å². The summed E-state index contributed by atoms with van der Waals surface area (Å²) in [7, 11) is 0. The van der Waals surface area contributed by atoms with E-state index in [2.05, 4.69) is 59.6 Å². The maximum atomic E-state index is 4.49. The van der Waals surface area contributed by atoms with Crippen molar-refractivity contribution in [1.29, 1.82) is 0 Å². The van der Waals surface area contributed by atoms with Crippen molar-refractivity contribution in [2.24, 2.45) is 0 Å². The Labute approximate surface area is 127 Å². The van der Waals surface area contributed by atoms with Gasteiger partial charge in [0.1, 0.15) is 0 Å². The number of fused-ring (bicyclic) bond motifs is 1. The second-order valence-electron chi connectivity index (χ2n) is 4.34. The van der Waals surface area contributed by atoms with E-state index in [1.165, 1.54) is 15.2 Å². The minimum atomic E-state index is 1.09. The van der Waals surface area contributed by atoms with Gasteiger partial charge in [0.15, 0.2) is 0 Å². The van der Waals surface area contributed by atoms with Gasteiger partial charge in [-0.3, -0.25) is 4.98 Å². The third-order valence-corrected chi connectivity index (χ3v) is 5.27. The molecule has 0 bridgehead atoms. The highest BCUT2D eigenvalue weighted by molar-refractivity contribution is 8.03. The summed E-state index contributed by atoms with van der Waals surface area (Å²) >= 11 is 3.79. The maximum Gasteiger partial charge on any atom is 0.0837 e. The Bertz CT molecular complexity index is 677. The molecule has 3 rings (SSSR count). The molecule has 0 saturated heterocycles. The molecule has 3 aromatic rings. The van der Waals surface area contributed by atoms with Crippen LogP contribution >= 0.6 is 23.5 Å². The van der Waals surface area contributed by atoms with Crippen LogP contribution in [0.25, 0.3) is 10.9 Å². The first-order chi connectivity index (χ1) is 9.93. The van der Waals surface area contributed by atoms with Crippen LogP contribution in [0.4, 0.5) is 0 Å². The Morgan fingerprint density at radius 2 is 1.55 bits per heavy atom. The molecular formula is C17H15NS2. The van der Waals surface area contributed by atoms with E-state index < -0.39 is 0 Å². The van der Waals surface area contributed by atoms with E-state index >= 15 is 0 Å². The van der Waals surface area contributed by atoms with Crippen LogP contribution in [0.3, 0.4) is 0 Å². The zero-order chi connectivity index (χ0) is 13.6. The van der Waals surface area contributed by atoms with E-state index in [1.807, 2.05) is 35.8 Å². The van der Waals surface area contributed by atoms with Crippen LogP contribution in [-0.4, -0.2) is 16.5 Å². The van der Waals surface area contributed by atoms with Gasteiger partial charge in [0.25, 0.3) is 0 Å². The van der Waals surface area contributed by atoms with E-state index in [4.69, 9.17) is 0 Å². The van der Waals surface area contributed by atoms with Crippen molar-refractivity contribution in [3.05, 3.63) is 66.9 Å². The predicted octanol–water partition coefficient (Wildman–Crippen LogP) is 5.12. The number of para-hydroxylation sites is 1. The van der Waals surface area contributed by atoms with Gasteiger partial charge in [-0.15, -0.1) is 23.5 Å². The summed E-state index contributed by atoms with van der Waals surface area (Å²) in [5.41, 5.74) is 1.12. The highest BCUT2D eigenvalue weighted by Gasteiger charge is 2.02. The molecule has 0 radical (unpaired) electrons. The molecule has 0 N–H and O–H groups in total. The van der Waals surface area contributed by atoms with Gasteiger partial charge in [-0.2, -0.15) is 0 Å². The number of thioether (sulfide) groups is 2. The van der Waals surface area contributed by atoms with E-state index in [0.717, 1.165) is 17.0 Å². The number of aromatic nitrogens is 1. The standard InChI is InChI=1S/C17H15NS2/c1-2-8-15(9-3-1)19-12-13-20-16-10-4-6-14-7-5-11-18-17(14)16/h1-11H,12-13H2. The van der Waals surface area contributed by atoms with Crippen LogP contribution < -0.4 is 0 Å². The van der Waals surface area contributed by atoms with Gasteiger partial charge in [0.2, 0.25) is 0 Å². The molecule has 0 saturated carbocycles. The quantitative estimate of drug-likeness (QED) is 0.479. The van der Waals surface area contributed by atoms with Gasteiger partial charge >= 0.3 is 0 Å². The molecule has 0 spiro atoms. The second kappa shape index (κ2) is 6.82. The molecule has 0 aliphatic carbocycles. The zero-order valence-corrected chi connectivity index (χ0v) is 12.7. The third kappa shape index (κ3) is 3.35. The van der Waals surface area contributed by atoms with Crippen molar-refractivity contribution >= 4 is 34.4 Å². The first-order valence-electron chi connectivity index (χ1n) is 6.58. The van der Waals surface area contributed by atoms with Crippen molar-refractivity contribution in [2.75, 3.05) is 11.5 Å². The van der Waals surface area contributed by atoms with Gasteiger partial charge in [0, 0.05) is 32.9 Å². The zero-order valence-electron chi connectivity index (χ0n) is 11.0. The number of pyridine rings is 1. The molecule has 0 fully saturated rings. The fourth-order valence-corrected chi connectivity index (χ4v) is 3.97. The number of nitrogens with zero attached hydrogens (tertiary/aromatic N) is 1. The summed E-state index contributed by atoms with van der Waals surface area (Å²) in [5.74, 6) is 2.20. The summed E-state index contributed by atoms with van der Waals surface area (Å²) in [6.07, 6.45) is 1.87. The number of rotatable bonds is 5. The monoisotopic (exact) mass is 297 g/mol. The SMILES string of the molecule is c1ccc(SCCSc2cccc3cccnc23)cc1. The van der Waals surface area contributed by atoms with Gasteiger partial charge in [-0.05, 0) is 24.3 Å². The van der Waals surface area contributed by atoms with Gasteiger partial charge in [0.05, 0.1) is 5.52 Å². The minimum absolute atomic E-state index is 1.09. The van der Waals surface area contributed by atoms with Crippen LogP contribution in [0.5, 0.6) is 0 Å². The summed E-state index contributed by atoms with van der Waals surface area (Å²) in [4.78, 5) is 7.10. The summed E-state index contributed by atoms with van der Waals surface area (Å²) in [5, 5.41) is 1.22. The van der Waals surface area contributed by atoms with E-state index in [9.17, 15) is 0 Å². The molecule has 0 aliphatic heterocycles. The first kappa shape index (κ1) is 13.5. The fourth-order valence-electron chi connectivity index (χ4n) is 2.02. The van der Waals surface area contributed by atoms with Crippen molar-refractivity contribution in [1.82, 2.24) is 4.98 Å². The number of hydrogen-bond donors (Lipinski definition) is 0. The fraction of sp³-hybridized carbons (Fsp3) is 0.118. The lowest BCUT2D eigenvalue weighted by atomic mass is 10.2. The van der Waals surface area contributed by atoms with E-state index in [-0.39, 0.29) is 0 Å². The molecule has 1 heterocycles. The summed E-state index contributed by atoms with van der Waals surface area (Å²) in [6, 6.07) is 21.0. The average molecular weight is 297 g/mol. The summed E-state index contributed by atoms with van der Waals surface area (Å²) in [6.45, 7) is 0. The molecular weight excluding hydrogens is 282 g/mol. The average Bonchev–Trinajstić information content (AvgIpc) is 2.53. The first-order valence-corrected chi connectivity index (χ1v) is 8.55. The lowest BCUT2D eigenvalue weighted by molar-refractivity contribution is 1.35. The van der Waals surface area contributed by atoms with Crippen molar-refractivity contribution in [3.63, 3.8) is 0 Å². The molecule has 0 amide bonds. The third-order valence-electron chi connectivity index (χ3n) is 2.95. The van der Waals surface area contributed by atoms with Crippen LogP contribution in [-0.2, 0) is 0 Å². The highest BCUT2D eigenvalue weighted by atomic mass is 32.2. The van der Waals surface area contributed by atoms with Crippen molar-refractivity contribution in [2.45, 2.75) is 9.79 Å². The van der Waals surface area contributed by atoms with Crippen LogP contribution in [0.2, 0.25) is 0 Å². The molecule has 0 unspecified atom stereocenters. The maximum absolute atomic E-state index is 4.49. The van der Waals surface area contributed by atoms with E-state index in [0.29, 0.717) is 0 Å². The normalized spacial score (nSPS) is 10.8. The largest absolute Gasteiger partial charge is 0.255 e. The molecule has 1 aromatic heterocycles. The Morgan fingerprint density at radius 1 is 0.750 bits per heavy atom. The Balaban J connectivity index is 1.60. The van der Waals surface area contributed by atoms with Gasteiger partial charge < -0.3 is 0 Å². The summed E-state index contributed by atoms with van der Waals surface area (Å²) < 4.78 is 0. The second-order valence-corrected chi connectivity index (χ2v) is 6.65. The molecule has 3 heteroatoms. The van der Waals surface area contributed by atoms with Crippen LogP contribution in [0.1, 0.15) is 0 Å². The Morgan fingerprint density at radius 3 is 2.45 bits per heavy atom. The smallest absolute Gasteiger partial charge is 0.0837 e. The molecule has 0 aliphatic rings. The highest BCUT2D eigenvalue weighted by Crippen LogP contribution is 2.27. The molecule has 2 aromatic carbocycles. The van der Waals surface area contributed by atoms with Gasteiger partial charge in [-0.1, -0.05) is 36.4 Å². The lowest BCUT2D eigenvalue weighted by Crippen LogP contribution is -1.86. The Hall–Kier alpha value is -1.45. The Kier molecular flexibility index (Phi) is 4.61.